The summed E-state index contributed by atoms with van der Waals surface area (Å²) in [6.45, 7) is 1.43. The highest BCUT2D eigenvalue weighted by Crippen LogP contribution is 2.30. The second-order valence-corrected chi connectivity index (χ2v) is 6.27. The van der Waals surface area contributed by atoms with Crippen molar-refractivity contribution in [3.05, 3.63) is 54.1 Å². The second-order valence-electron chi connectivity index (χ2n) is 6.27. The fourth-order valence-electron chi connectivity index (χ4n) is 2.89. The third-order valence-electron chi connectivity index (χ3n) is 4.32. The maximum absolute atomic E-state index is 12.8. The number of aromatic nitrogens is 2. The Bertz CT molecular complexity index is 845. The first-order chi connectivity index (χ1) is 13.3. The van der Waals surface area contributed by atoms with E-state index in [1.807, 2.05) is 0 Å². The summed E-state index contributed by atoms with van der Waals surface area (Å²) in [5, 5.41) is 2.49. The molecule has 0 aliphatic carbocycles. The molecule has 1 aliphatic heterocycles. The van der Waals surface area contributed by atoms with Gasteiger partial charge in [0, 0.05) is 44.3 Å². The zero-order valence-corrected chi connectivity index (χ0v) is 14.8. The molecule has 10 heteroatoms. The van der Waals surface area contributed by atoms with Crippen LogP contribution in [0.5, 0.6) is 0 Å². The minimum atomic E-state index is -4.48. The van der Waals surface area contributed by atoms with E-state index in [0.29, 0.717) is 31.6 Å². The van der Waals surface area contributed by atoms with Crippen LogP contribution < -0.4 is 5.32 Å². The van der Waals surface area contributed by atoms with Crippen molar-refractivity contribution in [1.82, 2.24) is 19.8 Å². The number of amides is 3. The van der Waals surface area contributed by atoms with E-state index in [1.165, 1.54) is 35.8 Å². The third kappa shape index (κ3) is 4.76. The molecule has 1 aliphatic rings. The lowest BCUT2D eigenvalue weighted by atomic mass is 10.2. The predicted octanol–water partition coefficient (Wildman–Crippen LogP) is 2.88. The Morgan fingerprint density at radius 1 is 1.00 bits per heavy atom. The van der Waals surface area contributed by atoms with Gasteiger partial charge in [-0.05, 0) is 24.6 Å². The van der Waals surface area contributed by atoms with Gasteiger partial charge in [0.2, 0.25) is 0 Å². The molecular weight excluding hydrogens is 375 g/mol. The first-order valence-electron chi connectivity index (χ1n) is 8.62. The van der Waals surface area contributed by atoms with Gasteiger partial charge < -0.3 is 15.1 Å². The highest BCUT2D eigenvalue weighted by Gasteiger charge is 2.30. The average molecular weight is 393 g/mol. The Labute approximate surface area is 159 Å². The van der Waals surface area contributed by atoms with E-state index in [-0.39, 0.29) is 18.1 Å². The molecule has 3 rings (SSSR count). The molecule has 1 saturated heterocycles. The lowest BCUT2D eigenvalue weighted by molar-refractivity contribution is -0.137. The molecule has 1 N–H and O–H groups in total. The minimum absolute atomic E-state index is 0.0680. The topological polar surface area (TPSA) is 78.4 Å². The normalized spacial score (nSPS) is 15.1. The Balaban J connectivity index is 1.61. The first kappa shape index (κ1) is 19.6. The summed E-state index contributed by atoms with van der Waals surface area (Å²) < 4.78 is 38.4. The van der Waals surface area contributed by atoms with Crippen molar-refractivity contribution in [3.63, 3.8) is 0 Å². The van der Waals surface area contributed by atoms with Crippen molar-refractivity contribution in [2.75, 3.05) is 31.5 Å². The van der Waals surface area contributed by atoms with Gasteiger partial charge in [0.1, 0.15) is 6.33 Å². The van der Waals surface area contributed by atoms with Crippen LogP contribution in [-0.2, 0) is 6.18 Å². The van der Waals surface area contributed by atoms with Crippen molar-refractivity contribution in [2.45, 2.75) is 12.6 Å². The Morgan fingerprint density at radius 2 is 1.68 bits per heavy atom. The Kier molecular flexibility index (Phi) is 5.76. The average Bonchev–Trinajstić information content (AvgIpc) is 2.94. The molecule has 0 saturated carbocycles. The fraction of sp³-hybridized carbons (Fsp3) is 0.333. The summed E-state index contributed by atoms with van der Waals surface area (Å²) in [7, 11) is 0. The number of hydrogen-bond donors (Lipinski definition) is 1. The van der Waals surface area contributed by atoms with Crippen molar-refractivity contribution in [1.29, 1.82) is 0 Å². The molecule has 28 heavy (non-hydrogen) atoms. The molecule has 0 spiro atoms. The molecule has 148 valence electrons. The number of halogens is 3. The number of carbonyl (C=O) groups excluding carboxylic acids is 2. The molecule has 1 fully saturated rings. The van der Waals surface area contributed by atoms with E-state index in [0.717, 1.165) is 12.1 Å². The third-order valence-corrected chi connectivity index (χ3v) is 4.32. The molecule has 0 radical (unpaired) electrons. The predicted molar refractivity (Wildman–Crippen MR) is 94.6 cm³/mol. The number of benzene rings is 1. The number of nitrogens with one attached hydrogen (secondary N) is 1. The van der Waals surface area contributed by atoms with E-state index in [2.05, 4.69) is 15.3 Å². The van der Waals surface area contributed by atoms with Crippen LogP contribution in [0.25, 0.3) is 0 Å². The van der Waals surface area contributed by atoms with Crippen LogP contribution in [0.4, 0.5) is 23.7 Å². The monoisotopic (exact) mass is 393 g/mol. The zero-order chi connectivity index (χ0) is 20.1. The van der Waals surface area contributed by atoms with Crippen LogP contribution >= 0.6 is 0 Å². The molecule has 2 aromatic rings. The maximum Gasteiger partial charge on any atom is 0.416 e. The van der Waals surface area contributed by atoms with E-state index < -0.39 is 17.8 Å². The summed E-state index contributed by atoms with van der Waals surface area (Å²) >= 11 is 0. The summed E-state index contributed by atoms with van der Waals surface area (Å²) in [4.78, 5) is 35.6. The van der Waals surface area contributed by atoms with Crippen molar-refractivity contribution >= 4 is 17.6 Å². The lowest BCUT2D eigenvalue weighted by Gasteiger charge is -2.22. The molecule has 0 atom stereocenters. The fourth-order valence-corrected chi connectivity index (χ4v) is 2.89. The van der Waals surface area contributed by atoms with Crippen LogP contribution in [0, 0.1) is 0 Å². The van der Waals surface area contributed by atoms with Crippen molar-refractivity contribution < 1.29 is 22.8 Å². The SMILES string of the molecule is O=C(Nc1cccc(C(F)(F)F)c1)N1CCCN(C(=O)c2cncnc2)CC1. The largest absolute Gasteiger partial charge is 0.416 e. The number of hydrogen-bond acceptors (Lipinski definition) is 4. The van der Waals surface area contributed by atoms with Crippen LogP contribution in [0.3, 0.4) is 0 Å². The second kappa shape index (κ2) is 8.24. The molecule has 0 unspecified atom stereocenters. The molecule has 0 bridgehead atoms. The summed E-state index contributed by atoms with van der Waals surface area (Å²) in [6.07, 6.45) is 0.260. The number of rotatable bonds is 2. The number of nitrogens with zero attached hydrogens (tertiary/aromatic N) is 4. The molecule has 7 nitrogen and oxygen atoms in total. The Hall–Kier alpha value is -3.17. The summed E-state index contributed by atoms with van der Waals surface area (Å²) in [6, 6.07) is 3.97. The van der Waals surface area contributed by atoms with Gasteiger partial charge in [-0.25, -0.2) is 14.8 Å². The standard InChI is InChI=1S/C18H18F3N5O2/c19-18(20,21)14-3-1-4-15(9-14)24-17(28)26-6-2-5-25(7-8-26)16(27)13-10-22-12-23-11-13/h1,3-4,9-12H,2,5-8H2,(H,24,28). The van der Waals surface area contributed by atoms with Crippen LogP contribution in [-0.4, -0.2) is 57.9 Å². The highest BCUT2D eigenvalue weighted by atomic mass is 19.4. The smallest absolute Gasteiger partial charge is 0.337 e. The molecule has 1 aromatic heterocycles. The van der Waals surface area contributed by atoms with E-state index >= 15 is 0 Å². The van der Waals surface area contributed by atoms with Gasteiger partial charge in [-0.3, -0.25) is 4.79 Å². The van der Waals surface area contributed by atoms with Gasteiger partial charge in [0.15, 0.2) is 0 Å². The summed E-state index contributed by atoms with van der Waals surface area (Å²) in [5.41, 5.74) is -0.397. The minimum Gasteiger partial charge on any atom is -0.337 e. The number of carbonyl (C=O) groups is 2. The van der Waals surface area contributed by atoms with Gasteiger partial charge in [-0.2, -0.15) is 13.2 Å². The van der Waals surface area contributed by atoms with E-state index in [4.69, 9.17) is 0 Å². The Morgan fingerprint density at radius 3 is 2.39 bits per heavy atom. The van der Waals surface area contributed by atoms with Gasteiger partial charge in [0.05, 0.1) is 11.1 Å². The quantitative estimate of drug-likeness (QED) is 0.851. The van der Waals surface area contributed by atoms with Crippen LogP contribution in [0.1, 0.15) is 22.3 Å². The number of urea groups is 1. The molecular formula is C18H18F3N5O2. The highest BCUT2D eigenvalue weighted by molar-refractivity contribution is 5.94. The van der Waals surface area contributed by atoms with Crippen molar-refractivity contribution in [3.8, 4) is 0 Å². The van der Waals surface area contributed by atoms with Gasteiger partial charge in [0.25, 0.3) is 5.91 Å². The van der Waals surface area contributed by atoms with E-state index in [9.17, 15) is 22.8 Å². The van der Waals surface area contributed by atoms with Gasteiger partial charge in [-0.1, -0.05) is 6.07 Å². The van der Waals surface area contributed by atoms with Crippen molar-refractivity contribution in [2.24, 2.45) is 0 Å². The van der Waals surface area contributed by atoms with Gasteiger partial charge >= 0.3 is 12.2 Å². The van der Waals surface area contributed by atoms with Crippen LogP contribution in [0.2, 0.25) is 0 Å². The number of anilines is 1. The first-order valence-corrected chi connectivity index (χ1v) is 8.62. The van der Waals surface area contributed by atoms with Crippen LogP contribution in [0.15, 0.2) is 43.0 Å². The zero-order valence-electron chi connectivity index (χ0n) is 14.8. The number of alkyl halides is 3. The molecule has 1 aromatic carbocycles. The molecule has 3 amide bonds. The lowest BCUT2D eigenvalue weighted by Crippen LogP contribution is -2.39. The summed E-state index contributed by atoms with van der Waals surface area (Å²) in [5.74, 6) is -0.222. The molecule has 2 heterocycles. The van der Waals surface area contributed by atoms with E-state index in [1.54, 1.807) is 4.90 Å². The van der Waals surface area contributed by atoms with Gasteiger partial charge in [-0.15, -0.1) is 0 Å². The maximum atomic E-state index is 12.8.